The van der Waals surface area contributed by atoms with E-state index in [0.29, 0.717) is 18.2 Å². The second-order valence-electron chi connectivity index (χ2n) is 4.69. The average Bonchev–Trinajstić information content (AvgIpc) is 2.17. The van der Waals surface area contributed by atoms with Crippen LogP contribution in [0.25, 0.3) is 0 Å². The first-order chi connectivity index (χ1) is 6.72. The van der Waals surface area contributed by atoms with Crippen LogP contribution in [0.5, 0.6) is 0 Å². The van der Waals surface area contributed by atoms with Crippen LogP contribution in [0, 0.1) is 0 Å². The van der Waals surface area contributed by atoms with Crippen LogP contribution in [0.2, 0.25) is 0 Å². The Labute approximate surface area is 88.8 Å². The van der Waals surface area contributed by atoms with E-state index in [1.807, 2.05) is 0 Å². The van der Waals surface area contributed by atoms with Crippen molar-refractivity contribution in [2.75, 3.05) is 0 Å². The van der Waals surface area contributed by atoms with E-state index in [9.17, 15) is 0 Å². The van der Waals surface area contributed by atoms with Gasteiger partial charge >= 0.3 is 0 Å². The lowest BCUT2D eigenvalue weighted by Gasteiger charge is -2.27. The summed E-state index contributed by atoms with van der Waals surface area (Å²) >= 11 is 0. The fraction of sp³-hybridized carbons (Fsp3) is 1.00. The summed E-state index contributed by atoms with van der Waals surface area (Å²) in [7, 11) is 0. The molecule has 0 spiro atoms. The fourth-order valence-electron chi connectivity index (χ4n) is 2.14. The molecular formula is C12H25N2. The van der Waals surface area contributed by atoms with Gasteiger partial charge in [-0.2, -0.15) is 0 Å². The average molecular weight is 197 g/mol. The molecule has 0 heterocycles. The Hall–Kier alpha value is -0.0800. The molecule has 2 nitrogen and oxygen atoms in total. The van der Waals surface area contributed by atoms with Crippen LogP contribution < -0.4 is 10.6 Å². The number of nitrogens with one attached hydrogen (secondary N) is 1. The van der Waals surface area contributed by atoms with Gasteiger partial charge in [0.25, 0.3) is 0 Å². The summed E-state index contributed by atoms with van der Waals surface area (Å²) in [6.45, 7) is 6.60. The predicted molar refractivity (Wildman–Crippen MR) is 61.4 cm³/mol. The van der Waals surface area contributed by atoms with Crippen molar-refractivity contribution in [3.63, 3.8) is 0 Å². The van der Waals surface area contributed by atoms with E-state index in [4.69, 9.17) is 5.32 Å². The first-order valence-electron chi connectivity index (χ1n) is 6.18. The highest BCUT2D eigenvalue weighted by Crippen LogP contribution is 2.18. The van der Waals surface area contributed by atoms with Crippen LogP contribution in [-0.2, 0) is 0 Å². The lowest BCUT2D eigenvalue weighted by atomic mass is 9.95. The van der Waals surface area contributed by atoms with Crippen molar-refractivity contribution in [2.24, 2.45) is 0 Å². The van der Waals surface area contributed by atoms with Gasteiger partial charge in [0.2, 0.25) is 0 Å². The van der Waals surface area contributed by atoms with E-state index >= 15 is 0 Å². The van der Waals surface area contributed by atoms with Crippen molar-refractivity contribution < 1.29 is 0 Å². The summed E-state index contributed by atoms with van der Waals surface area (Å²) in [5, 5.41) is 8.39. The Morgan fingerprint density at radius 1 is 1.21 bits per heavy atom. The highest BCUT2D eigenvalue weighted by Gasteiger charge is 2.18. The van der Waals surface area contributed by atoms with Crippen LogP contribution in [0.4, 0.5) is 0 Å². The van der Waals surface area contributed by atoms with Crippen molar-refractivity contribution >= 4 is 0 Å². The predicted octanol–water partition coefficient (Wildman–Crippen LogP) is 2.66. The Morgan fingerprint density at radius 3 is 2.36 bits per heavy atom. The molecule has 1 atom stereocenters. The Bertz CT molecular complexity index is 139. The van der Waals surface area contributed by atoms with Crippen molar-refractivity contribution in [3.8, 4) is 0 Å². The third-order valence-electron chi connectivity index (χ3n) is 2.88. The molecule has 0 amide bonds. The highest BCUT2D eigenvalue weighted by atomic mass is 15.1. The summed E-state index contributed by atoms with van der Waals surface area (Å²) in [5.74, 6) is 0. The molecule has 0 bridgehead atoms. The van der Waals surface area contributed by atoms with Gasteiger partial charge in [0, 0.05) is 12.1 Å². The van der Waals surface area contributed by atoms with E-state index in [1.165, 1.54) is 32.1 Å². The van der Waals surface area contributed by atoms with Crippen LogP contribution >= 0.6 is 0 Å². The molecule has 14 heavy (non-hydrogen) atoms. The van der Waals surface area contributed by atoms with Gasteiger partial charge in [0.05, 0.1) is 6.17 Å². The van der Waals surface area contributed by atoms with Gasteiger partial charge in [-0.1, -0.05) is 26.2 Å². The van der Waals surface area contributed by atoms with Crippen molar-refractivity contribution in [1.82, 2.24) is 10.6 Å². The monoisotopic (exact) mass is 197 g/mol. The molecule has 1 aliphatic carbocycles. The first kappa shape index (κ1) is 12.0. The quantitative estimate of drug-likeness (QED) is 0.720. The first-order valence-corrected chi connectivity index (χ1v) is 6.18. The molecule has 1 fully saturated rings. The molecule has 2 heteroatoms. The van der Waals surface area contributed by atoms with Crippen molar-refractivity contribution in [2.45, 2.75) is 77.5 Å². The summed E-state index contributed by atoms with van der Waals surface area (Å²) in [4.78, 5) is 0. The molecule has 0 aromatic rings. The van der Waals surface area contributed by atoms with Gasteiger partial charge in [0.15, 0.2) is 0 Å². The molecular weight excluding hydrogens is 172 g/mol. The van der Waals surface area contributed by atoms with Crippen LogP contribution in [0.1, 0.15) is 59.3 Å². The van der Waals surface area contributed by atoms with E-state index in [2.05, 4.69) is 26.1 Å². The Balaban J connectivity index is 2.23. The lowest BCUT2D eigenvalue weighted by Crippen LogP contribution is -2.45. The molecule has 0 aromatic carbocycles. The standard InChI is InChI=1S/C12H25N2/c1-4-12(13-10(2)3)14-11-8-6-5-7-9-11/h10-13H,4-9H2,1-3H3. The number of hydrogen-bond acceptors (Lipinski definition) is 1. The molecule has 0 aliphatic heterocycles. The van der Waals surface area contributed by atoms with Gasteiger partial charge in [-0.05, 0) is 33.1 Å². The minimum atomic E-state index is 0.387. The molecule has 0 aromatic heterocycles. The number of nitrogens with zero attached hydrogens (tertiary/aromatic N) is 1. The lowest BCUT2D eigenvalue weighted by molar-refractivity contribution is 0.284. The van der Waals surface area contributed by atoms with Gasteiger partial charge < -0.3 is 0 Å². The second kappa shape index (κ2) is 6.41. The summed E-state index contributed by atoms with van der Waals surface area (Å²) in [5.41, 5.74) is 0. The maximum Gasteiger partial charge on any atom is 0.0738 e. The third-order valence-corrected chi connectivity index (χ3v) is 2.88. The Kier molecular flexibility index (Phi) is 5.49. The van der Waals surface area contributed by atoms with Gasteiger partial charge in [-0.3, -0.25) is 5.32 Å². The molecule has 0 saturated heterocycles. The number of rotatable bonds is 5. The molecule has 1 radical (unpaired) electrons. The zero-order valence-electron chi connectivity index (χ0n) is 9.92. The smallest absolute Gasteiger partial charge is 0.0738 e. The van der Waals surface area contributed by atoms with Gasteiger partial charge in [-0.15, -0.1) is 0 Å². The Morgan fingerprint density at radius 2 is 1.86 bits per heavy atom. The fourth-order valence-corrected chi connectivity index (χ4v) is 2.14. The van der Waals surface area contributed by atoms with Crippen molar-refractivity contribution in [3.05, 3.63) is 0 Å². The summed E-state index contributed by atoms with van der Waals surface area (Å²) in [6, 6.07) is 1.19. The molecule has 1 rings (SSSR count). The minimum Gasteiger partial charge on any atom is -0.298 e. The zero-order valence-corrected chi connectivity index (χ0v) is 9.92. The zero-order chi connectivity index (χ0) is 10.4. The molecule has 1 N–H and O–H groups in total. The minimum absolute atomic E-state index is 0.387. The normalized spacial score (nSPS) is 21.4. The van der Waals surface area contributed by atoms with Gasteiger partial charge in [0.1, 0.15) is 0 Å². The van der Waals surface area contributed by atoms with E-state index in [1.54, 1.807) is 0 Å². The van der Waals surface area contributed by atoms with E-state index in [-0.39, 0.29) is 0 Å². The molecule has 83 valence electrons. The summed E-state index contributed by atoms with van der Waals surface area (Å²) < 4.78 is 0. The topological polar surface area (TPSA) is 26.1 Å². The second-order valence-corrected chi connectivity index (χ2v) is 4.69. The molecule has 1 saturated carbocycles. The third kappa shape index (κ3) is 4.43. The maximum atomic E-state index is 4.88. The largest absolute Gasteiger partial charge is 0.298 e. The summed E-state index contributed by atoms with van der Waals surface area (Å²) in [6.07, 6.45) is 8.32. The van der Waals surface area contributed by atoms with Crippen LogP contribution in [-0.4, -0.2) is 18.2 Å². The van der Waals surface area contributed by atoms with E-state index < -0.39 is 0 Å². The number of hydrogen-bond donors (Lipinski definition) is 1. The maximum absolute atomic E-state index is 4.88. The van der Waals surface area contributed by atoms with E-state index in [0.717, 1.165) is 6.42 Å². The van der Waals surface area contributed by atoms with Crippen LogP contribution in [0.15, 0.2) is 0 Å². The van der Waals surface area contributed by atoms with Crippen LogP contribution in [0.3, 0.4) is 0 Å². The SMILES string of the molecule is CCC([N]C1CCCCC1)NC(C)C. The highest BCUT2D eigenvalue weighted by molar-refractivity contribution is 4.76. The van der Waals surface area contributed by atoms with Gasteiger partial charge in [-0.25, -0.2) is 5.32 Å². The van der Waals surface area contributed by atoms with Crippen molar-refractivity contribution in [1.29, 1.82) is 0 Å². The molecule has 1 aliphatic rings. The molecule has 1 unspecified atom stereocenters.